The molecule has 3 rings (SSSR count). The highest BCUT2D eigenvalue weighted by molar-refractivity contribution is 7.89. The lowest BCUT2D eigenvalue weighted by atomic mass is 10.3. The molecule has 0 saturated carbocycles. The molecule has 2 aromatic heterocycles. The molecule has 0 aliphatic carbocycles. The van der Waals surface area contributed by atoms with Crippen molar-refractivity contribution in [1.29, 1.82) is 0 Å². The number of hydrogen-bond donors (Lipinski definition) is 2. The third-order valence-electron chi connectivity index (χ3n) is 3.69. The zero-order chi connectivity index (χ0) is 18.2. The molecule has 1 aromatic carbocycles. The molecule has 25 heavy (non-hydrogen) atoms. The lowest BCUT2D eigenvalue weighted by Gasteiger charge is -2.16. The molecule has 0 radical (unpaired) electrons. The Morgan fingerprint density at radius 3 is 2.48 bits per heavy atom. The van der Waals surface area contributed by atoms with Crippen LogP contribution in [0.3, 0.4) is 0 Å². The van der Waals surface area contributed by atoms with Gasteiger partial charge in [0.2, 0.25) is 10.0 Å². The fourth-order valence-electron chi connectivity index (χ4n) is 2.33. The van der Waals surface area contributed by atoms with E-state index in [1.165, 1.54) is 40.9 Å². The number of aryl methyl sites for hydroxylation is 1. The number of nitrogens with one attached hydrogen (secondary N) is 2. The minimum Gasteiger partial charge on any atom is -0.316 e. The van der Waals surface area contributed by atoms with Crippen LogP contribution >= 0.6 is 11.3 Å². The second-order valence-corrected chi connectivity index (χ2v) is 8.45. The van der Waals surface area contributed by atoms with E-state index in [-0.39, 0.29) is 17.0 Å². The number of thiazole rings is 1. The summed E-state index contributed by atoms with van der Waals surface area (Å²) in [5.74, 6) is 0. The Morgan fingerprint density at radius 2 is 1.84 bits per heavy atom. The molecular weight excluding hydrogens is 364 g/mol. The van der Waals surface area contributed by atoms with Crippen LogP contribution in [0.2, 0.25) is 0 Å². The first-order valence-corrected chi connectivity index (χ1v) is 9.79. The highest BCUT2D eigenvalue weighted by atomic mass is 32.2. The van der Waals surface area contributed by atoms with Gasteiger partial charge in [0.15, 0.2) is 0 Å². The van der Waals surface area contributed by atoms with Crippen molar-refractivity contribution in [1.82, 2.24) is 19.3 Å². The van der Waals surface area contributed by atoms with E-state index in [9.17, 15) is 18.0 Å². The van der Waals surface area contributed by atoms with Gasteiger partial charge in [-0.3, -0.25) is 9.59 Å². The van der Waals surface area contributed by atoms with Crippen molar-refractivity contribution in [3.8, 4) is 0 Å². The summed E-state index contributed by atoms with van der Waals surface area (Å²) in [6.45, 7) is 2.14. The Labute approximate surface area is 147 Å². The molecule has 0 bridgehead atoms. The monoisotopic (exact) mass is 380 g/mol. The average Bonchev–Trinajstić information content (AvgIpc) is 3.03. The van der Waals surface area contributed by atoms with Gasteiger partial charge in [0, 0.05) is 12.4 Å². The topological polar surface area (TPSA) is 116 Å². The van der Waals surface area contributed by atoms with E-state index < -0.39 is 21.1 Å². The molecule has 0 aliphatic heterocycles. The summed E-state index contributed by atoms with van der Waals surface area (Å²) in [5, 5.41) is 2.79. The van der Waals surface area contributed by atoms with Gasteiger partial charge in [-0.2, -0.15) is 4.31 Å². The minimum atomic E-state index is -3.77. The molecule has 2 heterocycles. The molecule has 8 nitrogen and oxygen atoms in total. The van der Waals surface area contributed by atoms with E-state index in [4.69, 9.17) is 0 Å². The number of H-pyrrole nitrogens is 2. The van der Waals surface area contributed by atoms with Crippen molar-refractivity contribution < 1.29 is 8.42 Å². The lowest BCUT2D eigenvalue weighted by molar-refractivity contribution is 0.463. The van der Waals surface area contributed by atoms with Crippen molar-refractivity contribution in [2.24, 2.45) is 0 Å². The van der Waals surface area contributed by atoms with Crippen molar-refractivity contribution in [3.05, 3.63) is 55.0 Å². The van der Waals surface area contributed by atoms with Crippen LogP contribution in [-0.2, 0) is 23.0 Å². The molecule has 0 atom stereocenters. The molecule has 0 saturated heterocycles. The number of hydrogen-bond acceptors (Lipinski definition) is 6. The van der Waals surface area contributed by atoms with E-state index in [1.54, 1.807) is 0 Å². The van der Waals surface area contributed by atoms with Gasteiger partial charge in [-0.05, 0) is 24.6 Å². The van der Waals surface area contributed by atoms with Crippen LogP contribution in [0.15, 0.2) is 38.1 Å². The second-order valence-electron chi connectivity index (χ2n) is 5.46. The van der Waals surface area contributed by atoms with Crippen molar-refractivity contribution in [2.45, 2.75) is 24.8 Å². The summed E-state index contributed by atoms with van der Waals surface area (Å²) >= 11 is 1.50. The highest BCUT2D eigenvalue weighted by Crippen LogP contribution is 2.20. The van der Waals surface area contributed by atoms with Crippen LogP contribution in [0.4, 0.5) is 0 Å². The minimum absolute atomic E-state index is 0.0242. The van der Waals surface area contributed by atoms with Crippen LogP contribution in [-0.4, -0.2) is 34.7 Å². The zero-order valence-electron chi connectivity index (χ0n) is 13.6. The molecule has 0 spiro atoms. The molecule has 0 fully saturated rings. The summed E-state index contributed by atoms with van der Waals surface area (Å²) < 4.78 is 26.7. The number of aromatic nitrogens is 3. The maximum atomic E-state index is 12.7. The largest absolute Gasteiger partial charge is 0.316 e. The SMILES string of the molecule is CCc1nc(CN(C)S(=O)(=O)c2ccc3[nH]c(=O)c(=O)[nH]c3c2)cs1. The van der Waals surface area contributed by atoms with Gasteiger partial charge in [-0.25, -0.2) is 13.4 Å². The summed E-state index contributed by atoms with van der Waals surface area (Å²) in [5.41, 5.74) is -0.314. The van der Waals surface area contributed by atoms with E-state index in [0.29, 0.717) is 11.2 Å². The first-order valence-electron chi connectivity index (χ1n) is 7.47. The summed E-state index contributed by atoms with van der Waals surface area (Å²) in [6.07, 6.45) is 0.803. The zero-order valence-corrected chi connectivity index (χ0v) is 15.2. The normalized spacial score (nSPS) is 12.1. The van der Waals surface area contributed by atoms with E-state index in [0.717, 1.165) is 11.4 Å². The van der Waals surface area contributed by atoms with Gasteiger partial charge in [0.1, 0.15) is 0 Å². The van der Waals surface area contributed by atoms with Crippen LogP contribution < -0.4 is 11.1 Å². The van der Waals surface area contributed by atoms with Gasteiger partial charge < -0.3 is 9.97 Å². The first-order chi connectivity index (χ1) is 11.8. The summed E-state index contributed by atoms with van der Waals surface area (Å²) in [7, 11) is -2.29. The average molecular weight is 380 g/mol. The molecule has 0 amide bonds. The molecular formula is C15H16N4O4S2. The van der Waals surface area contributed by atoms with E-state index in [2.05, 4.69) is 15.0 Å². The van der Waals surface area contributed by atoms with Crippen LogP contribution in [0.25, 0.3) is 11.0 Å². The Morgan fingerprint density at radius 1 is 1.16 bits per heavy atom. The van der Waals surface area contributed by atoms with E-state index >= 15 is 0 Å². The Balaban J connectivity index is 1.95. The number of rotatable bonds is 5. The van der Waals surface area contributed by atoms with E-state index in [1.807, 2.05) is 12.3 Å². The maximum Gasteiger partial charge on any atom is 0.314 e. The van der Waals surface area contributed by atoms with Crippen LogP contribution in [0, 0.1) is 0 Å². The summed E-state index contributed by atoms with van der Waals surface area (Å²) in [4.78, 5) is 31.9. The molecule has 0 aliphatic rings. The van der Waals surface area contributed by atoms with Gasteiger partial charge in [-0.1, -0.05) is 6.92 Å². The lowest BCUT2D eigenvalue weighted by Crippen LogP contribution is -2.29. The smallest absolute Gasteiger partial charge is 0.314 e. The molecule has 132 valence electrons. The molecule has 3 aromatic rings. The quantitative estimate of drug-likeness (QED) is 0.642. The molecule has 2 N–H and O–H groups in total. The van der Waals surface area contributed by atoms with Gasteiger partial charge >= 0.3 is 11.1 Å². The Kier molecular flexibility index (Phi) is 4.58. The number of sulfonamides is 1. The number of aromatic amines is 2. The maximum absolute atomic E-state index is 12.7. The number of benzene rings is 1. The second kappa shape index (κ2) is 6.54. The fourth-order valence-corrected chi connectivity index (χ4v) is 4.24. The van der Waals surface area contributed by atoms with Crippen LogP contribution in [0.5, 0.6) is 0 Å². The third kappa shape index (κ3) is 3.41. The van der Waals surface area contributed by atoms with Crippen molar-refractivity contribution in [2.75, 3.05) is 7.05 Å². The standard InChI is InChI=1S/C15H16N4O4S2/c1-3-13-16-9(8-24-13)7-19(2)25(22,23)10-4-5-11-12(6-10)18-15(21)14(20)17-11/h4-6,8H,3,7H2,1-2H3,(H,17,20)(H,18,21). The third-order valence-corrected chi connectivity index (χ3v) is 6.53. The van der Waals surface area contributed by atoms with Gasteiger partial charge in [-0.15, -0.1) is 11.3 Å². The Hall–Kier alpha value is -2.30. The number of fused-ring (bicyclic) bond motifs is 1. The predicted octanol–water partition coefficient (Wildman–Crippen LogP) is 1.06. The fraction of sp³-hybridized carbons (Fsp3) is 0.267. The van der Waals surface area contributed by atoms with Gasteiger partial charge in [0.25, 0.3) is 0 Å². The van der Waals surface area contributed by atoms with Crippen LogP contribution in [0.1, 0.15) is 17.6 Å². The first kappa shape index (κ1) is 17.5. The Bertz CT molecular complexity index is 1140. The number of nitrogens with zero attached hydrogens (tertiary/aromatic N) is 2. The molecule has 0 unspecified atom stereocenters. The summed E-state index contributed by atoms with van der Waals surface area (Å²) in [6, 6.07) is 4.17. The highest BCUT2D eigenvalue weighted by Gasteiger charge is 2.22. The van der Waals surface area contributed by atoms with Gasteiger partial charge in [0.05, 0.1) is 33.2 Å². The predicted molar refractivity (Wildman–Crippen MR) is 95.3 cm³/mol. The van der Waals surface area contributed by atoms with Crippen molar-refractivity contribution >= 4 is 32.4 Å². The molecule has 10 heteroatoms. The van der Waals surface area contributed by atoms with Crippen molar-refractivity contribution in [3.63, 3.8) is 0 Å².